The molecule has 1 aliphatic heterocycles. The van der Waals surface area contributed by atoms with Gasteiger partial charge >= 0.3 is 0 Å². The van der Waals surface area contributed by atoms with Crippen molar-refractivity contribution in [1.82, 2.24) is 35.6 Å². The lowest BCUT2D eigenvalue weighted by atomic mass is 10.1. The lowest BCUT2D eigenvalue weighted by molar-refractivity contribution is -0.123. The van der Waals surface area contributed by atoms with Crippen LogP contribution in [0.4, 0.5) is 0 Å². The molecule has 1 amide bonds. The molecule has 0 fully saturated rings. The van der Waals surface area contributed by atoms with Crippen molar-refractivity contribution in [3.63, 3.8) is 0 Å². The Morgan fingerprint density at radius 3 is 3.21 bits per heavy atom. The molecule has 3 aromatic rings. The van der Waals surface area contributed by atoms with Crippen molar-refractivity contribution in [2.24, 2.45) is 0 Å². The van der Waals surface area contributed by atoms with E-state index < -0.39 is 6.04 Å². The van der Waals surface area contributed by atoms with Gasteiger partial charge in [-0.2, -0.15) is 0 Å². The van der Waals surface area contributed by atoms with E-state index in [1.54, 1.807) is 24.9 Å². The number of hydrogen-bond acceptors (Lipinski definition) is 7. The fourth-order valence-corrected chi connectivity index (χ4v) is 3.41. The summed E-state index contributed by atoms with van der Waals surface area (Å²) in [6.07, 6.45) is 7.41. The van der Waals surface area contributed by atoms with Crippen molar-refractivity contribution in [1.29, 1.82) is 0 Å². The normalized spacial score (nSPS) is 16.6. The van der Waals surface area contributed by atoms with Gasteiger partial charge in [0.15, 0.2) is 0 Å². The van der Waals surface area contributed by atoms with Crippen LogP contribution in [0.1, 0.15) is 23.1 Å². The summed E-state index contributed by atoms with van der Waals surface area (Å²) in [5, 5.41) is 8.82. The molecule has 4 rings (SSSR count). The SMILES string of the molecule is O=C(NCc1csc(-c2cnccn2)n1)C1NCCc2[nH]cnc21. The first-order valence-electron chi connectivity index (χ1n) is 7.55. The second-order valence-corrected chi connectivity index (χ2v) is 6.21. The molecular weight excluding hydrogens is 326 g/mol. The number of carbonyl (C=O) groups excluding carboxylic acids is 1. The Morgan fingerprint density at radius 2 is 2.33 bits per heavy atom. The van der Waals surface area contributed by atoms with Crippen LogP contribution in [0.25, 0.3) is 10.7 Å². The number of rotatable bonds is 4. The minimum Gasteiger partial charge on any atom is -0.349 e. The van der Waals surface area contributed by atoms with Gasteiger partial charge < -0.3 is 15.6 Å². The maximum absolute atomic E-state index is 12.4. The molecule has 122 valence electrons. The maximum atomic E-state index is 12.4. The lowest BCUT2D eigenvalue weighted by Gasteiger charge is -2.21. The predicted octanol–water partition coefficient (Wildman–Crippen LogP) is 0.826. The van der Waals surface area contributed by atoms with E-state index in [-0.39, 0.29) is 5.91 Å². The zero-order valence-electron chi connectivity index (χ0n) is 12.7. The fraction of sp³-hybridized carbons (Fsp3) is 0.267. The van der Waals surface area contributed by atoms with Gasteiger partial charge in [-0.15, -0.1) is 11.3 Å². The molecule has 3 N–H and O–H groups in total. The van der Waals surface area contributed by atoms with Crippen molar-refractivity contribution in [3.05, 3.63) is 47.4 Å². The lowest BCUT2D eigenvalue weighted by Crippen LogP contribution is -2.41. The molecule has 0 saturated heterocycles. The maximum Gasteiger partial charge on any atom is 0.243 e. The van der Waals surface area contributed by atoms with Gasteiger partial charge in [-0.1, -0.05) is 0 Å². The van der Waals surface area contributed by atoms with Crippen molar-refractivity contribution in [3.8, 4) is 10.7 Å². The second-order valence-electron chi connectivity index (χ2n) is 5.36. The van der Waals surface area contributed by atoms with Gasteiger partial charge in [0.1, 0.15) is 16.7 Å². The topological polar surface area (TPSA) is 108 Å². The van der Waals surface area contributed by atoms with E-state index in [1.165, 1.54) is 11.3 Å². The summed E-state index contributed by atoms with van der Waals surface area (Å²) in [6.45, 7) is 1.12. The Kier molecular flexibility index (Phi) is 4.01. The van der Waals surface area contributed by atoms with Crippen LogP contribution in [0.3, 0.4) is 0 Å². The number of nitrogens with zero attached hydrogens (tertiary/aromatic N) is 4. The Labute approximate surface area is 141 Å². The zero-order chi connectivity index (χ0) is 16.4. The molecule has 0 radical (unpaired) electrons. The number of carbonyl (C=O) groups is 1. The monoisotopic (exact) mass is 341 g/mol. The van der Waals surface area contributed by atoms with Crippen LogP contribution in [0.2, 0.25) is 0 Å². The van der Waals surface area contributed by atoms with Crippen LogP contribution >= 0.6 is 11.3 Å². The molecule has 3 aromatic heterocycles. The summed E-state index contributed by atoms with van der Waals surface area (Å²) in [5.74, 6) is -0.0999. The molecule has 1 unspecified atom stereocenters. The van der Waals surface area contributed by atoms with E-state index >= 15 is 0 Å². The molecular formula is C15H15N7OS. The van der Waals surface area contributed by atoms with E-state index in [0.29, 0.717) is 6.54 Å². The summed E-state index contributed by atoms with van der Waals surface area (Å²) in [4.78, 5) is 32.5. The number of H-pyrrole nitrogens is 1. The number of imidazole rings is 1. The quantitative estimate of drug-likeness (QED) is 0.648. The van der Waals surface area contributed by atoms with Crippen LogP contribution in [0.5, 0.6) is 0 Å². The van der Waals surface area contributed by atoms with E-state index in [1.807, 2.05) is 5.38 Å². The van der Waals surface area contributed by atoms with Gasteiger partial charge in [0.2, 0.25) is 5.91 Å². The van der Waals surface area contributed by atoms with Gasteiger partial charge in [0.05, 0.1) is 30.5 Å². The van der Waals surface area contributed by atoms with Crippen LogP contribution < -0.4 is 10.6 Å². The second kappa shape index (κ2) is 6.46. The molecule has 1 atom stereocenters. The average Bonchev–Trinajstić information content (AvgIpc) is 3.29. The number of amides is 1. The zero-order valence-corrected chi connectivity index (χ0v) is 13.5. The average molecular weight is 341 g/mol. The third-order valence-electron chi connectivity index (χ3n) is 3.79. The summed E-state index contributed by atoms with van der Waals surface area (Å²) in [7, 11) is 0. The number of fused-ring (bicyclic) bond motifs is 1. The van der Waals surface area contributed by atoms with Crippen LogP contribution in [-0.4, -0.2) is 37.4 Å². The minimum absolute atomic E-state index is 0.0999. The standard InChI is InChI=1S/C15H15N7OS/c23-14(13-12-10(1-2-18-13)20-8-21-12)19-5-9-7-24-15(22-9)11-6-16-3-4-17-11/h3-4,6-8,13,18H,1-2,5H2,(H,19,23)(H,20,21). The number of aromatic nitrogens is 5. The van der Waals surface area contributed by atoms with Gasteiger partial charge in [0, 0.05) is 36.4 Å². The van der Waals surface area contributed by atoms with Gasteiger partial charge in [-0.25, -0.2) is 9.97 Å². The van der Waals surface area contributed by atoms with E-state index in [4.69, 9.17) is 0 Å². The molecule has 8 nitrogen and oxygen atoms in total. The minimum atomic E-state index is -0.418. The highest BCUT2D eigenvalue weighted by atomic mass is 32.1. The van der Waals surface area contributed by atoms with Gasteiger partial charge in [0.25, 0.3) is 0 Å². The Morgan fingerprint density at radius 1 is 1.38 bits per heavy atom. The van der Waals surface area contributed by atoms with Gasteiger partial charge in [-0.05, 0) is 0 Å². The van der Waals surface area contributed by atoms with E-state index in [2.05, 4.69) is 35.6 Å². The van der Waals surface area contributed by atoms with Crippen LogP contribution in [0, 0.1) is 0 Å². The van der Waals surface area contributed by atoms with Gasteiger partial charge in [-0.3, -0.25) is 14.8 Å². The predicted molar refractivity (Wildman–Crippen MR) is 88.0 cm³/mol. The smallest absolute Gasteiger partial charge is 0.243 e. The molecule has 0 bridgehead atoms. The molecule has 0 aliphatic carbocycles. The number of thiazole rings is 1. The highest BCUT2D eigenvalue weighted by molar-refractivity contribution is 7.13. The number of nitrogens with one attached hydrogen (secondary N) is 3. The highest BCUT2D eigenvalue weighted by Gasteiger charge is 2.28. The first-order chi connectivity index (χ1) is 11.8. The highest BCUT2D eigenvalue weighted by Crippen LogP contribution is 2.21. The molecule has 0 spiro atoms. The fourth-order valence-electron chi connectivity index (χ4n) is 2.63. The molecule has 9 heteroatoms. The van der Waals surface area contributed by atoms with Crippen molar-refractivity contribution < 1.29 is 4.79 Å². The van der Waals surface area contributed by atoms with Crippen LogP contribution in [-0.2, 0) is 17.8 Å². The Hall–Kier alpha value is -2.65. The first-order valence-corrected chi connectivity index (χ1v) is 8.43. The summed E-state index contributed by atoms with van der Waals surface area (Å²) >= 11 is 1.48. The summed E-state index contributed by atoms with van der Waals surface area (Å²) in [6, 6.07) is -0.418. The van der Waals surface area contributed by atoms with E-state index in [0.717, 1.165) is 40.7 Å². The molecule has 4 heterocycles. The molecule has 24 heavy (non-hydrogen) atoms. The third kappa shape index (κ3) is 2.91. The summed E-state index contributed by atoms with van der Waals surface area (Å²) < 4.78 is 0. The molecule has 0 aromatic carbocycles. The first kappa shape index (κ1) is 14.9. The largest absolute Gasteiger partial charge is 0.349 e. The van der Waals surface area contributed by atoms with E-state index in [9.17, 15) is 4.79 Å². The van der Waals surface area contributed by atoms with Crippen LogP contribution in [0.15, 0.2) is 30.3 Å². The Bertz CT molecular complexity index is 844. The number of hydrogen-bond donors (Lipinski definition) is 3. The molecule has 1 aliphatic rings. The van der Waals surface area contributed by atoms with Crippen molar-refractivity contribution in [2.75, 3.05) is 6.54 Å². The Balaban J connectivity index is 1.41. The third-order valence-corrected chi connectivity index (χ3v) is 4.70. The molecule has 0 saturated carbocycles. The van der Waals surface area contributed by atoms with Crippen molar-refractivity contribution >= 4 is 17.2 Å². The van der Waals surface area contributed by atoms with Crippen molar-refractivity contribution in [2.45, 2.75) is 19.0 Å². The summed E-state index contributed by atoms with van der Waals surface area (Å²) in [5.41, 5.74) is 3.33. The number of aromatic amines is 1.